The second kappa shape index (κ2) is 5.74. The summed E-state index contributed by atoms with van der Waals surface area (Å²) in [6.45, 7) is 4.26. The molecule has 0 saturated heterocycles. The number of hydrogen-bond donors (Lipinski definition) is 2. The van der Waals surface area contributed by atoms with E-state index in [-0.39, 0.29) is 18.2 Å². The summed E-state index contributed by atoms with van der Waals surface area (Å²) in [5, 5.41) is 3.27. The molecule has 2 aromatic rings. The van der Waals surface area contributed by atoms with Gasteiger partial charge in [-0.3, -0.25) is 0 Å². The molecule has 0 radical (unpaired) electrons. The van der Waals surface area contributed by atoms with Crippen LogP contribution in [0.2, 0.25) is 0 Å². The van der Waals surface area contributed by atoms with Crippen LogP contribution in [0.4, 0.5) is 21.5 Å². The van der Waals surface area contributed by atoms with Gasteiger partial charge in [-0.2, -0.15) is 0 Å². The fourth-order valence-electron chi connectivity index (χ4n) is 2.28. The zero-order valence-electron chi connectivity index (χ0n) is 11.9. The second-order valence-corrected chi connectivity index (χ2v) is 5.24. The van der Waals surface area contributed by atoms with Gasteiger partial charge < -0.3 is 11.1 Å². The molecular formula is C16H17ClFN3. The van der Waals surface area contributed by atoms with E-state index in [2.05, 4.69) is 30.2 Å². The van der Waals surface area contributed by atoms with Crippen LogP contribution in [0.1, 0.15) is 30.9 Å². The number of fused-ring (bicyclic) bond motifs is 2. The normalized spacial score (nSPS) is 12.5. The van der Waals surface area contributed by atoms with Gasteiger partial charge in [0.25, 0.3) is 0 Å². The number of rotatable bonds is 1. The van der Waals surface area contributed by atoms with E-state index >= 15 is 0 Å². The van der Waals surface area contributed by atoms with Crippen molar-refractivity contribution in [2.45, 2.75) is 19.8 Å². The van der Waals surface area contributed by atoms with Crippen LogP contribution < -0.4 is 11.1 Å². The van der Waals surface area contributed by atoms with Gasteiger partial charge >= 0.3 is 0 Å². The molecule has 5 heteroatoms. The number of nitrogens with zero attached hydrogens (tertiary/aromatic N) is 1. The summed E-state index contributed by atoms with van der Waals surface area (Å²) >= 11 is 0. The van der Waals surface area contributed by atoms with Crippen LogP contribution in [0.5, 0.6) is 0 Å². The molecule has 0 spiro atoms. The Morgan fingerprint density at radius 1 is 1.10 bits per heavy atom. The molecular weight excluding hydrogens is 289 g/mol. The maximum absolute atomic E-state index is 13.3. The number of nitrogens with one attached hydrogen (secondary N) is 1. The predicted molar refractivity (Wildman–Crippen MR) is 87.8 cm³/mol. The third kappa shape index (κ3) is 2.85. The van der Waals surface area contributed by atoms with Gasteiger partial charge in [0.05, 0.1) is 11.4 Å². The summed E-state index contributed by atoms with van der Waals surface area (Å²) in [5.41, 5.74) is 10.3. The average Bonchev–Trinajstić information content (AvgIpc) is 2.54. The molecule has 3 nitrogen and oxygen atoms in total. The van der Waals surface area contributed by atoms with E-state index in [1.807, 2.05) is 12.1 Å². The van der Waals surface area contributed by atoms with Crippen molar-refractivity contribution in [2.75, 3.05) is 5.32 Å². The highest BCUT2D eigenvalue weighted by Gasteiger charge is 2.16. The van der Waals surface area contributed by atoms with E-state index in [4.69, 9.17) is 5.73 Å². The number of halogens is 2. The first-order valence-electron chi connectivity index (χ1n) is 6.59. The highest BCUT2D eigenvalue weighted by molar-refractivity contribution is 6.06. The van der Waals surface area contributed by atoms with Crippen LogP contribution in [0.15, 0.2) is 41.4 Å². The van der Waals surface area contributed by atoms with Crippen molar-refractivity contribution in [3.8, 4) is 0 Å². The fraction of sp³-hybridized carbons (Fsp3) is 0.188. The smallest absolute Gasteiger partial charge is 0.133 e. The molecule has 3 rings (SSSR count). The minimum atomic E-state index is -0.323. The minimum absolute atomic E-state index is 0. The molecule has 0 atom stereocenters. The van der Waals surface area contributed by atoms with Gasteiger partial charge in [-0.15, -0.1) is 12.4 Å². The Kier molecular flexibility index (Phi) is 4.19. The zero-order chi connectivity index (χ0) is 14.3. The van der Waals surface area contributed by atoms with Crippen LogP contribution in [0.3, 0.4) is 0 Å². The molecule has 0 amide bonds. The maximum atomic E-state index is 13.3. The van der Waals surface area contributed by atoms with Gasteiger partial charge in [0, 0.05) is 17.3 Å². The summed E-state index contributed by atoms with van der Waals surface area (Å²) in [6, 6.07) is 10.6. The molecule has 0 unspecified atom stereocenters. The molecule has 3 N–H and O–H groups in total. The van der Waals surface area contributed by atoms with Gasteiger partial charge in [0.2, 0.25) is 0 Å². The van der Waals surface area contributed by atoms with Crippen LogP contribution in [-0.2, 0) is 0 Å². The van der Waals surface area contributed by atoms with Crippen molar-refractivity contribution in [1.29, 1.82) is 0 Å². The van der Waals surface area contributed by atoms with Crippen molar-refractivity contribution >= 4 is 35.3 Å². The third-order valence-electron chi connectivity index (χ3n) is 3.46. The van der Waals surface area contributed by atoms with E-state index in [9.17, 15) is 4.39 Å². The summed E-state index contributed by atoms with van der Waals surface area (Å²) in [7, 11) is 0. The van der Waals surface area contributed by atoms with Crippen LogP contribution in [-0.4, -0.2) is 5.84 Å². The first-order valence-corrected chi connectivity index (χ1v) is 6.59. The number of amidine groups is 1. The van der Waals surface area contributed by atoms with Gasteiger partial charge in [-0.05, 0) is 35.7 Å². The van der Waals surface area contributed by atoms with Gasteiger partial charge in [-0.1, -0.05) is 19.9 Å². The topological polar surface area (TPSA) is 50.4 Å². The van der Waals surface area contributed by atoms with E-state index in [1.165, 1.54) is 17.7 Å². The molecule has 0 aromatic heterocycles. The molecule has 110 valence electrons. The lowest BCUT2D eigenvalue weighted by molar-refractivity contribution is 0.628. The molecule has 21 heavy (non-hydrogen) atoms. The highest BCUT2D eigenvalue weighted by Crippen LogP contribution is 2.34. The van der Waals surface area contributed by atoms with E-state index < -0.39 is 0 Å². The molecule has 0 bridgehead atoms. The fourth-order valence-corrected chi connectivity index (χ4v) is 2.28. The summed E-state index contributed by atoms with van der Waals surface area (Å²) in [6.07, 6.45) is 0. The first kappa shape index (κ1) is 15.3. The average molecular weight is 306 g/mol. The number of benzene rings is 2. The van der Waals surface area contributed by atoms with Gasteiger partial charge in [0.1, 0.15) is 11.7 Å². The van der Waals surface area contributed by atoms with E-state index in [0.717, 1.165) is 16.9 Å². The Labute approximate surface area is 129 Å². The van der Waals surface area contributed by atoms with Crippen LogP contribution in [0.25, 0.3) is 0 Å². The van der Waals surface area contributed by atoms with Crippen LogP contribution >= 0.6 is 12.4 Å². The molecule has 2 aromatic carbocycles. The van der Waals surface area contributed by atoms with E-state index in [0.29, 0.717) is 17.4 Å². The summed E-state index contributed by atoms with van der Waals surface area (Å²) < 4.78 is 13.3. The quantitative estimate of drug-likeness (QED) is 0.817. The van der Waals surface area contributed by atoms with Crippen molar-refractivity contribution in [3.63, 3.8) is 0 Å². The Morgan fingerprint density at radius 3 is 2.52 bits per heavy atom. The van der Waals surface area contributed by atoms with E-state index in [1.54, 1.807) is 6.07 Å². The second-order valence-electron chi connectivity index (χ2n) is 5.24. The molecule has 0 saturated carbocycles. The third-order valence-corrected chi connectivity index (χ3v) is 3.46. The van der Waals surface area contributed by atoms with Gasteiger partial charge in [0.15, 0.2) is 0 Å². The van der Waals surface area contributed by atoms with Gasteiger partial charge in [-0.25, -0.2) is 9.38 Å². The summed E-state index contributed by atoms with van der Waals surface area (Å²) in [5.74, 6) is 0.492. The molecule has 1 aliphatic heterocycles. The molecule has 1 heterocycles. The minimum Gasteiger partial charge on any atom is -0.383 e. The lowest BCUT2D eigenvalue weighted by Gasteiger charge is -2.12. The van der Waals surface area contributed by atoms with Crippen molar-refractivity contribution in [2.24, 2.45) is 10.7 Å². The van der Waals surface area contributed by atoms with Crippen molar-refractivity contribution in [1.82, 2.24) is 0 Å². The number of nitrogens with two attached hydrogens (primary N) is 1. The SMILES string of the molecule is CC(C)c1ccc2c(c1)C(N)=Nc1cc(F)ccc1N2.Cl. The Bertz CT molecular complexity index is 711. The lowest BCUT2D eigenvalue weighted by Crippen LogP contribution is -2.14. The van der Waals surface area contributed by atoms with Crippen molar-refractivity contribution < 1.29 is 4.39 Å². The monoisotopic (exact) mass is 305 g/mol. The lowest BCUT2D eigenvalue weighted by atomic mass is 9.99. The first-order chi connectivity index (χ1) is 9.54. The highest BCUT2D eigenvalue weighted by atomic mass is 35.5. The Morgan fingerprint density at radius 2 is 1.81 bits per heavy atom. The largest absolute Gasteiger partial charge is 0.383 e. The maximum Gasteiger partial charge on any atom is 0.133 e. The molecule has 1 aliphatic rings. The number of hydrogen-bond acceptors (Lipinski definition) is 3. The predicted octanol–water partition coefficient (Wildman–Crippen LogP) is 4.46. The van der Waals surface area contributed by atoms with Crippen molar-refractivity contribution in [3.05, 3.63) is 53.3 Å². The Balaban J connectivity index is 0.00000161. The molecule has 0 fully saturated rings. The Hall–Kier alpha value is -2.07. The van der Waals surface area contributed by atoms with Crippen LogP contribution in [0, 0.1) is 5.82 Å². The number of aliphatic imine (C=N–C) groups is 1. The molecule has 0 aliphatic carbocycles. The number of anilines is 2. The standard InChI is InChI=1S/C16H16FN3.ClH/c1-9(2)10-3-5-13-12(7-10)16(18)20-15-8-11(17)4-6-14(15)19-13;/h3-9,19H,1-2H3,(H2,18,20);1H. The zero-order valence-corrected chi connectivity index (χ0v) is 12.7. The summed E-state index contributed by atoms with van der Waals surface area (Å²) in [4.78, 5) is 4.33.